The van der Waals surface area contributed by atoms with E-state index in [0.717, 1.165) is 14.8 Å². The van der Waals surface area contributed by atoms with Crippen LogP contribution in [0, 0.1) is 5.82 Å². The van der Waals surface area contributed by atoms with Crippen LogP contribution < -0.4 is 0 Å². The van der Waals surface area contributed by atoms with Crippen molar-refractivity contribution in [3.63, 3.8) is 0 Å². The smallest absolute Gasteiger partial charge is 0.328 e. The zero-order valence-corrected chi connectivity index (χ0v) is 13.4. The second kappa shape index (κ2) is 7.58. The standard InChI is InChI=1S/C13H11FN2O2S3/c1-19-12-15-16-13(21-12)20-7-9-4-2-8(6-10(9)14)3-5-11(17)18/h2-6H,7H2,1H3,(H,17,18)/b5-3+. The number of carboxylic acid groups (broad SMARTS) is 1. The average Bonchev–Trinajstić information content (AvgIpc) is 2.92. The SMILES string of the molecule is CSc1nnc(SCc2ccc(/C=C/C(=O)O)cc2F)s1. The highest BCUT2D eigenvalue weighted by Gasteiger charge is 2.07. The Bertz CT molecular complexity index is 673. The van der Waals surface area contributed by atoms with Crippen LogP contribution >= 0.6 is 34.9 Å². The third kappa shape index (κ3) is 4.83. The third-order valence-corrected chi connectivity index (χ3v) is 5.49. The van der Waals surface area contributed by atoms with Crippen molar-refractivity contribution in [1.29, 1.82) is 0 Å². The number of carboxylic acids is 1. The minimum atomic E-state index is -1.06. The molecule has 0 atom stereocenters. The first-order valence-electron chi connectivity index (χ1n) is 5.78. The van der Waals surface area contributed by atoms with Crippen LogP contribution in [-0.4, -0.2) is 27.5 Å². The summed E-state index contributed by atoms with van der Waals surface area (Å²) in [6.45, 7) is 0. The van der Waals surface area contributed by atoms with Crippen molar-refractivity contribution in [1.82, 2.24) is 10.2 Å². The molecule has 4 nitrogen and oxygen atoms in total. The molecule has 8 heteroatoms. The molecular weight excluding hydrogens is 331 g/mol. The number of carbonyl (C=O) groups is 1. The molecule has 1 aromatic heterocycles. The summed E-state index contributed by atoms with van der Waals surface area (Å²) in [5.74, 6) is -0.960. The molecule has 0 saturated carbocycles. The van der Waals surface area contributed by atoms with E-state index in [1.54, 1.807) is 12.1 Å². The summed E-state index contributed by atoms with van der Waals surface area (Å²) in [6, 6.07) is 4.66. The van der Waals surface area contributed by atoms with E-state index in [4.69, 9.17) is 5.11 Å². The van der Waals surface area contributed by atoms with Gasteiger partial charge in [0.05, 0.1) is 0 Å². The maximum atomic E-state index is 13.9. The lowest BCUT2D eigenvalue weighted by Gasteiger charge is -2.02. The van der Waals surface area contributed by atoms with E-state index in [0.29, 0.717) is 16.9 Å². The maximum absolute atomic E-state index is 13.9. The Labute approximate surface area is 133 Å². The Morgan fingerprint density at radius 2 is 2.19 bits per heavy atom. The lowest BCUT2D eigenvalue weighted by Crippen LogP contribution is -1.90. The molecule has 2 aromatic rings. The first-order chi connectivity index (χ1) is 10.1. The highest BCUT2D eigenvalue weighted by molar-refractivity contribution is 8.02. The van der Waals surface area contributed by atoms with Crippen LogP contribution in [0.5, 0.6) is 0 Å². The van der Waals surface area contributed by atoms with E-state index in [2.05, 4.69) is 10.2 Å². The second-order valence-electron chi connectivity index (χ2n) is 3.85. The molecule has 1 aromatic carbocycles. The number of aromatic nitrogens is 2. The minimum Gasteiger partial charge on any atom is -0.478 e. The summed E-state index contributed by atoms with van der Waals surface area (Å²) in [4.78, 5) is 10.4. The predicted octanol–water partition coefficient (Wildman–Crippen LogP) is 3.79. The van der Waals surface area contributed by atoms with Gasteiger partial charge in [-0.15, -0.1) is 10.2 Å². The van der Waals surface area contributed by atoms with E-state index in [-0.39, 0.29) is 5.82 Å². The monoisotopic (exact) mass is 342 g/mol. The summed E-state index contributed by atoms with van der Waals surface area (Å²) in [5.41, 5.74) is 1.07. The Kier molecular flexibility index (Phi) is 5.77. The predicted molar refractivity (Wildman–Crippen MR) is 84.3 cm³/mol. The zero-order valence-electron chi connectivity index (χ0n) is 10.9. The number of hydrogen-bond donors (Lipinski definition) is 1. The molecule has 1 heterocycles. The summed E-state index contributed by atoms with van der Waals surface area (Å²) in [5, 5.41) is 16.5. The van der Waals surface area contributed by atoms with E-state index < -0.39 is 5.97 Å². The molecule has 110 valence electrons. The summed E-state index contributed by atoms with van der Waals surface area (Å²) >= 11 is 4.43. The number of aliphatic carboxylic acids is 1. The second-order valence-corrected chi connectivity index (χ2v) is 7.10. The van der Waals surface area contributed by atoms with Crippen molar-refractivity contribution in [2.75, 3.05) is 6.26 Å². The summed E-state index contributed by atoms with van der Waals surface area (Å²) < 4.78 is 15.6. The van der Waals surface area contributed by atoms with Gasteiger partial charge >= 0.3 is 5.97 Å². The van der Waals surface area contributed by atoms with Crippen molar-refractivity contribution in [3.8, 4) is 0 Å². The van der Waals surface area contributed by atoms with Crippen LogP contribution in [-0.2, 0) is 10.5 Å². The Morgan fingerprint density at radius 1 is 1.43 bits per heavy atom. The first-order valence-corrected chi connectivity index (χ1v) is 8.81. The molecule has 0 unspecified atom stereocenters. The zero-order chi connectivity index (χ0) is 15.2. The quantitative estimate of drug-likeness (QED) is 0.636. The summed E-state index contributed by atoms with van der Waals surface area (Å²) in [6.07, 6.45) is 4.27. The lowest BCUT2D eigenvalue weighted by atomic mass is 10.1. The van der Waals surface area contributed by atoms with Gasteiger partial charge in [-0.3, -0.25) is 0 Å². The maximum Gasteiger partial charge on any atom is 0.328 e. The average molecular weight is 342 g/mol. The number of halogens is 1. The molecule has 0 spiro atoms. The molecule has 0 saturated heterocycles. The van der Waals surface area contributed by atoms with Crippen molar-refractivity contribution < 1.29 is 14.3 Å². The van der Waals surface area contributed by atoms with Gasteiger partial charge in [-0.05, 0) is 29.5 Å². The number of thioether (sulfide) groups is 2. The van der Waals surface area contributed by atoms with Crippen molar-refractivity contribution in [2.45, 2.75) is 14.4 Å². The number of nitrogens with zero attached hydrogens (tertiary/aromatic N) is 2. The summed E-state index contributed by atoms with van der Waals surface area (Å²) in [7, 11) is 0. The normalized spacial score (nSPS) is 11.1. The van der Waals surface area contributed by atoms with Gasteiger partial charge in [0.25, 0.3) is 0 Å². The first kappa shape index (κ1) is 16.0. The molecule has 0 radical (unpaired) electrons. The molecule has 0 bridgehead atoms. The molecule has 21 heavy (non-hydrogen) atoms. The minimum absolute atomic E-state index is 0.357. The molecule has 0 aliphatic carbocycles. The van der Waals surface area contributed by atoms with Crippen LogP contribution in [0.15, 0.2) is 33.0 Å². The molecule has 2 rings (SSSR count). The Hall–Kier alpha value is -1.38. The van der Waals surface area contributed by atoms with Crippen LogP contribution in [0.3, 0.4) is 0 Å². The molecule has 0 amide bonds. The topological polar surface area (TPSA) is 63.1 Å². The third-order valence-electron chi connectivity index (χ3n) is 2.41. The van der Waals surface area contributed by atoms with Crippen LogP contribution in [0.2, 0.25) is 0 Å². The van der Waals surface area contributed by atoms with Gasteiger partial charge in [0.2, 0.25) is 0 Å². The Balaban J connectivity index is 2.02. The molecule has 1 N–H and O–H groups in total. The van der Waals surface area contributed by atoms with Gasteiger partial charge in [0.15, 0.2) is 8.68 Å². The lowest BCUT2D eigenvalue weighted by molar-refractivity contribution is -0.131. The number of rotatable bonds is 6. The highest BCUT2D eigenvalue weighted by Crippen LogP contribution is 2.30. The van der Waals surface area contributed by atoms with Crippen molar-refractivity contribution in [2.24, 2.45) is 0 Å². The van der Waals surface area contributed by atoms with Crippen LogP contribution in [0.4, 0.5) is 4.39 Å². The van der Waals surface area contributed by atoms with Gasteiger partial charge in [-0.1, -0.05) is 47.0 Å². The van der Waals surface area contributed by atoms with Crippen molar-refractivity contribution >= 4 is 46.9 Å². The van der Waals surface area contributed by atoms with Crippen molar-refractivity contribution in [3.05, 3.63) is 41.2 Å². The van der Waals surface area contributed by atoms with Gasteiger partial charge in [0.1, 0.15) is 5.82 Å². The van der Waals surface area contributed by atoms with Gasteiger partial charge in [0, 0.05) is 11.8 Å². The molecule has 0 aliphatic rings. The van der Waals surface area contributed by atoms with Crippen LogP contribution in [0.1, 0.15) is 11.1 Å². The number of hydrogen-bond acceptors (Lipinski definition) is 6. The van der Waals surface area contributed by atoms with Gasteiger partial charge < -0.3 is 5.11 Å². The fourth-order valence-electron chi connectivity index (χ4n) is 1.43. The fraction of sp³-hybridized carbons (Fsp3) is 0.154. The van der Waals surface area contributed by atoms with Gasteiger partial charge in [-0.25, -0.2) is 9.18 Å². The molecule has 0 fully saturated rings. The largest absolute Gasteiger partial charge is 0.478 e. The van der Waals surface area contributed by atoms with E-state index in [9.17, 15) is 9.18 Å². The van der Waals surface area contributed by atoms with E-state index in [1.807, 2.05) is 6.26 Å². The molecular formula is C13H11FN2O2S3. The van der Waals surface area contributed by atoms with E-state index >= 15 is 0 Å². The fourth-order valence-corrected chi connectivity index (χ4v) is 3.85. The Morgan fingerprint density at radius 3 is 2.81 bits per heavy atom. The number of benzene rings is 1. The highest BCUT2D eigenvalue weighted by atomic mass is 32.2. The van der Waals surface area contributed by atoms with Crippen LogP contribution in [0.25, 0.3) is 6.08 Å². The molecule has 0 aliphatic heterocycles. The van der Waals surface area contributed by atoms with Gasteiger partial charge in [-0.2, -0.15) is 0 Å². The van der Waals surface area contributed by atoms with E-state index in [1.165, 1.54) is 47.0 Å².